The number of hydrogen-bond donors (Lipinski definition) is 1. The highest BCUT2D eigenvalue weighted by molar-refractivity contribution is 7.47. The number of ether oxygens (including phenoxy) is 2. The van der Waals surface area contributed by atoms with E-state index in [9.17, 15) is 19.0 Å². The maximum absolute atomic E-state index is 12.8. The van der Waals surface area contributed by atoms with E-state index in [2.05, 4.69) is 98.9 Å². The van der Waals surface area contributed by atoms with Crippen molar-refractivity contribution in [2.24, 2.45) is 0 Å². The number of rotatable bonds is 60. The average Bonchev–Trinajstić information content (AvgIpc) is 3.41. The van der Waals surface area contributed by atoms with Gasteiger partial charge in [-0.15, -0.1) is 0 Å². The topological polar surface area (TPSA) is 108 Å². The van der Waals surface area contributed by atoms with Crippen LogP contribution in [0.15, 0.2) is 85.1 Å². The number of nitrogens with zero attached hydrogens (tertiary/aromatic N) is 1. The maximum Gasteiger partial charge on any atom is 0.472 e. The summed E-state index contributed by atoms with van der Waals surface area (Å²) >= 11 is 0. The number of esters is 2. The van der Waals surface area contributed by atoms with Gasteiger partial charge in [0, 0.05) is 12.8 Å². The van der Waals surface area contributed by atoms with Crippen molar-refractivity contribution in [1.29, 1.82) is 0 Å². The second kappa shape index (κ2) is 59.8. The molecule has 0 saturated carbocycles. The molecule has 0 radical (unpaired) electrons. The van der Waals surface area contributed by atoms with Crippen molar-refractivity contribution in [3.05, 3.63) is 85.1 Å². The molecule has 1 N–H and O–H groups in total. The van der Waals surface area contributed by atoms with Crippen LogP contribution >= 0.6 is 7.82 Å². The van der Waals surface area contributed by atoms with Crippen LogP contribution in [0.3, 0.4) is 0 Å². The molecule has 10 heteroatoms. The summed E-state index contributed by atoms with van der Waals surface area (Å²) in [6, 6.07) is 0. The second-order valence-corrected chi connectivity index (χ2v) is 24.6. The lowest BCUT2D eigenvalue weighted by Gasteiger charge is -2.24. The summed E-state index contributed by atoms with van der Waals surface area (Å²) in [5.74, 6) is -0.805. The predicted molar refractivity (Wildman–Crippen MR) is 339 cm³/mol. The Bertz CT molecular complexity index is 1610. The Morgan fingerprint density at radius 1 is 0.405 bits per heavy atom. The standard InChI is InChI=1S/C69H124NO8P/c1-6-8-10-12-14-16-18-20-22-23-24-25-26-27-28-29-30-31-32-33-34-35-36-37-38-39-40-41-42-43-44-45-46-47-48-50-52-54-56-58-60-62-69(72)78-67(66-77-79(73,74)76-64-63-70(3,4)5)65-75-68(71)61-59-57-55-53-51-49-21-19-17-15-13-11-9-7-2/h8,10,13-16,19-22,24-25,27-28,67H,6-7,9,11-12,17-18,23,26,29-66H2,1-5H3/p+1/b10-8-,15-13-,16-14-,21-19-,22-20-,25-24-,28-27-. The lowest BCUT2D eigenvalue weighted by atomic mass is 10.0. The van der Waals surface area contributed by atoms with Gasteiger partial charge in [-0.25, -0.2) is 4.57 Å². The Balaban J connectivity index is 3.88. The molecule has 2 unspecified atom stereocenters. The lowest BCUT2D eigenvalue weighted by molar-refractivity contribution is -0.870. The van der Waals surface area contributed by atoms with E-state index >= 15 is 0 Å². The third-order valence-electron chi connectivity index (χ3n) is 14.2. The molecule has 0 fully saturated rings. The summed E-state index contributed by atoms with van der Waals surface area (Å²) in [4.78, 5) is 35.7. The molecular weight excluding hydrogens is 1000 g/mol. The normalized spacial score (nSPS) is 13.7. The predicted octanol–water partition coefficient (Wildman–Crippen LogP) is 21.0. The van der Waals surface area contributed by atoms with Gasteiger partial charge in [-0.3, -0.25) is 18.6 Å². The molecule has 9 nitrogen and oxygen atoms in total. The third-order valence-corrected chi connectivity index (χ3v) is 15.1. The van der Waals surface area contributed by atoms with E-state index in [1.165, 1.54) is 161 Å². The van der Waals surface area contributed by atoms with Crippen LogP contribution in [-0.4, -0.2) is 74.9 Å². The van der Waals surface area contributed by atoms with Gasteiger partial charge in [0.1, 0.15) is 19.8 Å². The van der Waals surface area contributed by atoms with Crippen LogP contribution in [0, 0.1) is 0 Å². The maximum atomic E-state index is 12.8. The van der Waals surface area contributed by atoms with Gasteiger partial charge in [-0.05, 0) is 83.5 Å². The molecule has 458 valence electrons. The van der Waals surface area contributed by atoms with Crippen LogP contribution in [0.1, 0.15) is 290 Å². The smallest absolute Gasteiger partial charge is 0.462 e. The lowest BCUT2D eigenvalue weighted by Crippen LogP contribution is -2.37. The molecule has 0 amide bonds. The number of phosphoric acid groups is 1. The van der Waals surface area contributed by atoms with Crippen molar-refractivity contribution in [3.63, 3.8) is 0 Å². The van der Waals surface area contributed by atoms with E-state index in [0.717, 1.165) is 96.3 Å². The fourth-order valence-corrected chi connectivity index (χ4v) is 9.86. The monoisotopic (exact) mass is 1130 g/mol. The molecule has 79 heavy (non-hydrogen) atoms. The first kappa shape index (κ1) is 76.2. The molecule has 0 aliphatic heterocycles. The zero-order valence-corrected chi connectivity index (χ0v) is 53.0. The molecule has 0 aromatic carbocycles. The number of hydrogen-bond acceptors (Lipinski definition) is 7. The molecule has 0 aliphatic rings. The van der Waals surface area contributed by atoms with Gasteiger partial charge in [-0.1, -0.05) is 279 Å². The van der Waals surface area contributed by atoms with Crippen LogP contribution in [0.2, 0.25) is 0 Å². The molecule has 0 spiro atoms. The number of quaternary nitrogens is 1. The Hall–Kier alpha value is -2.81. The number of carbonyl (C=O) groups excluding carboxylic acids is 2. The first-order chi connectivity index (χ1) is 38.5. The van der Waals surface area contributed by atoms with E-state index in [0.29, 0.717) is 17.4 Å². The van der Waals surface area contributed by atoms with Gasteiger partial charge in [0.25, 0.3) is 0 Å². The van der Waals surface area contributed by atoms with Crippen molar-refractivity contribution < 1.29 is 42.1 Å². The second-order valence-electron chi connectivity index (χ2n) is 23.1. The number of carbonyl (C=O) groups is 2. The van der Waals surface area contributed by atoms with Crippen LogP contribution in [0.25, 0.3) is 0 Å². The van der Waals surface area contributed by atoms with Crippen molar-refractivity contribution in [3.8, 4) is 0 Å². The Morgan fingerprint density at radius 2 is 0.722 bits per heavy atom. The minimum atomic E-state index is -4.39. The first-order valence-corrected chi connectivity index (χ1v) is 34.3. The summed E-state index contributed by atoms with van der Waals surface area (Å²) in [6.07, 6.45) is 81.3. The number of phosphoric ester groups is 1. The van der Waals surface area contributed by atoms with Crippen LogP contribution in [-0.2, 0) is 32.7 Å². The minimum absolute atomic E-state index is 0.0289. The summed E-state index contributed by atoms with van der Waals surface area (Å²) in [5, 5.41) is 0. The van der Waals surface area contributed by atoms with Crippen molar-refractivity contribution in [1.82, 2.24) is 0 Å². The van der Waals surface area contributed by atoms with E-state index in [-0.39, 0.29) is 32.0 Å². The molecular formula is C69H125NO8P+. The summed E-state index contributed by atoms with van der Waals surface area (Å²) in [5.41, 5.74) is 0. The van der Waals surface area contributed by atoms with Gasteiger partial charge >= 0.3 is 19.8 Å². The average molecular weight is 1130 g/mol. The number of likely N-dealkylation sites (N-methyl/N-ethyl adjacent to an activating group) is 1. The largest absolute Gasteiger partial charge is 0.472 e. The Labute approximate surface area is 488 Å². The molecule has 0 heterocycles. The van der Waals surface area contributed by atoms with Gasteiger partial charge < -0.3 is 18.9 Å². The summed E-state index contributed by atoms with van der Waals surface area (Å²) in [6.45, 7) is 4.28. The fraction of sp³-hybridized carbons (Fsp3) is 0.768. The highest BCUT2D eigenvalue weighted by Crippen LogP contribution is 2.43. The highest BCUT2D eigenvalue weighted by Gasteiger charge is 2.27. The van der Waals surface area contributed by atoms with Crippen molar-refractivity contribution in [2.75, 3.05) is 47.5 Å². The summed E-state index contributed by atoms with van der Waals surface area (Å²) in [7, 11) is 1.47. The Kier molecular flexibility index (Phi) is 57.7. The summed E-state index contributed by atoms with van der Waals surface area (Å²) < 4.78 is 34.6. The molecule has 0 rings (SSSR count). The van der Waals surface area contributed by atoms with E-state index in [1.54, 1.807) is 0 Å². The number of unbranched alkanes of at least 4 members (excludes halogenated alkanes) is 32. The fourth-order valence-electron chi connectivity index (χ4n) is 9.12. The van der Waals surface area contributed by atoms with Gasteiger partial charge in [0.15, 0.2) is 6.10 Å². The van der Waals surface area contributed by atoms with Gasteiger partial charge in [0.05, 0.1) is 27.7 Å². The minimum Gasteiger partial charge on any atom is -0.462 e. The SMILES string of the molecule is CC/C=C\C/C=C\C/C=C\C/C=C\C/C=C\CCCCCCCCCCCCCCCCCCCCCCCCCCCC(=O)OC(COC(=O)CCCCCCC/C=C\C/C=C\CCCC)COP(=O)(O)OCC[N+](C)(C)C. The highest BCUT2D eigenvalue weighted by atomic mass is 31.2. The van der Waals surface area contributed by atoms with Gasteiger partial charge in [0.2, 0.25) is 0 Å². The third kappa shape index (κ3) is 64.2. The molecule has 0 aliphatic carbocycles. The molecule has 2 atom stereocenters. The Morgan fingerprint density at radius 3 is 1.08 bits per heavy atom. The quantitative estimate of drug-likeness (QED) is 0.0211. The van der Waals surface area contributed by atoms with Crippen LogP contribution < -0.4 is 0 Å². The van der Waals surface area contributed by atoms with Crippen LogP contribution in [0.5, 0.6) is 0 Å². The molecule has 0 aromatic rings. The van der Waals surface area contributed by atoms with Crippen LogP contribution in [0.4, 0.5) is 0 Å². The molecule has 0 aromatic heterocycles. The van der Waals surface area contributed by atoms with Gasteiger partial charge in [-0.2, -0.15) is 0 Å². The molecule has 0 saturated heterocycles. The van der Waals surface area contributed by atoms with Crippen molar-refractivity contribution in [2.45, 2.75) is 296 Å². The zero-order valence-electron chi connectivity index (χ0n) is 52.1. The number of allylic oxidation sites excluding steroid dienone is 14. The first-order valence-electron chi connectivity index (χ1n) is 32.8. The van der Waals surface area contributed by atoms with E-state index < -0.39 is 26.5 Å². The molecule has 0 bridgehead atoms. The van der Waals surface area contributed by atoms with E-state index in [4.69, 9.17) is 18.5 Å². The van der Waals surface area contributed by atoms with Crippen molar-refractivity contribution >= 4 is 19.8 Å². The van der Waals surface area contributed by atoms with E-state index in [1.807, 2.05) is 21.1 Å². The zero-order chi connectivity index (χ0) is 57.7.